The van der Waals surface area contributed by atoms with Crippen LogP contribution in [-0.4, -0.2) is 16.7 Å². The molecule has 4 aliphatic carbocycles. The molecule has 4 aliphatic rings. The number of aliphatic hydroxyl groups excluding tert-OH is 1. The molecule has 3 fully saturated rings. The predicted molar refractivity (Wildman–Crippen MR) is 92.4 cm³/mol. The van der Waals surface area contributed by atoms with Crippen LogP contribution < -0.4 is 0 Å². The lowest BCUT2D eigenvalue weighted by Gasteiger charge is -2.56. The van der Waals surface area contributed by atoms with Gasteiger partial charge < -0.3 is 5.11 Å². The van der Waals surface area contributed by atoms with Crippen LogP contribution in [0, 0.1) is 34.5 Å². The molecule has 24 heavy (non-hydrogen) atoms. The van der Waals surface area contributed by atoms with E-state index in [1.807, 2.05) is 6.08 Å². The molecule has 0 aromatic rings. The van der Waals surface area contributed by atoms with Gasteiger partial charge in [-0.2, -0.15) is 0 Å². The second-order valence-electron chi connectivity index (χ2n) is 9.01. The van der Waals surface area contributed by atoms with Crippen molar-refractivity contribution in [1.29, 1.82) is 0 Å². The van der Waals surface area contributed by atoms with Gasteiger partial charge >= 0.3 is 0 Å². The maximum absolute atomic E-state index is 12.8. The summed E-state index contributed by atoms with van der Waals surface area (Å²) < 4.78 is 0. The molecule has 0 spiro atoms. The van der Waals surface area contributed by atoms with Crippen molar-refractivity contribution < 1.29 is 14.7 Å². The number of ketones is 2. The highest BCUT2D eigenvalue weighted by molar-refractivity contribution is 5.99. The first kappa shape index (κ1) is 16.1. The van der Waals surface area contributed by atoms with Gasteiger partial charge in [0.2, 0.25) is 0 Å². The molecule has 4 rings (SSSR count). The van der Waals surface area contributed by atoms with Crippen LogP contribution in [0.4, 0.5) is 0 Å². The fourth-order valence-electron chi connectivity index (χ4n) is 6.96. The van der Waals surface area contributed by atoms with Gasteiger partial charge in [-0.3, -0.25) is 9.59 Å². The van der Waals surface area contributed by atoms with Crippen molar-refractivity contribution in [3.63, 3.8) is 0 Å². The minimum absolute atomic E-state index is 0.0805. The average Bonchev–Trinajstić information content (AvgIpc) is 2.86. The van der Waals surface area contributed by atoms with Gasteiger partial charge in [0.25, 0.3) is 0 Å². The molecule has 0 unspecified atom stereocenters. The molecule has 0 aromatic carbocycles. The fourth-order valence-corrected chi connectivity index (χ4v) is 6.96. The Morgan fingerprint density at radius 1 is 1.12 bits per heavy atom. The summed E-state index contributed by atoms with van der Waals surface area (Å²) in [5.74, 6) is 2.21. The van der Waals surface area contributed by atoms with Crippen molar-refractivity contribution in [2.24, 2.45) is 34.5 Å². The average molecular weight is 328 g/mol. The molecule has 3 saturated carbocycles. The maximum Gasteiger partial charge on any atom is 0.169 e. The maximum atomic E-state index is 12.8. The zero-order chi connectivity index (χ0) is 17.3. The minimum Gasteiger partial charge on any atom is -0.508 e. The lowest BCUT2D eigenvalue weighted by atomic mass is 9.47. The van der Waals surface area contributed by atoms with E-state index >= 15 is 0 Å². The number of carbonyl (C=O) groups is 2. The molecule has 130 valence electrons. The van der Waals surface area contributed by atoms with Gasteiger partial charge in [0.15, 0.2) is 5.78 Å². The van der Waals surface area contributed by atoms with E-state index in [1.165, 1.54) is 6.08 Å². The third-order valence-corrected chi connectivity index (χ3v) is 8.20. The lowest BCUT2D eigenvalue weighted by Crippen LogP contribution is -2.53. The third kappa shape index (κ3) is 1.90. The summed E-state index contributed by atoms with van der Waals surface area (Å²) in [5, 5.41) is 9.84. The molecule has 3 nitrogen and oxygen atoms in total. The quantitative estimate of drug-likeness (QED) is 0.777. The van der Waals surface area contributed by atoms with Crippen molar-refractivity contribution >= 4 is 11.6 Å². The minimum atomic E-state index is -0.440. The normalized spacial score (nSPS) is 47.2. The lowest BCUT2D eigenvalue weighted by molar-refractivity contribution is -0.135. The highest BCUT2D eigenvalue weighted by Gasteiger charge is 2.61. The summed E-state index contributed by atoms with van der Waals surface area (Å²) in [4.78, 5) is 25.0. The molecule has 1 N–H and O–H groups in total. The van der Waals surface area contributed by atoms with Crippen molar-refractivity contribution in [2.45, 2.75) is 59.3 Å². The zero-order valence-corrected chi connectivity index (χ0v) is 15.0. The summed E-state index contributed by atoms with van der Waals surface area (Å²) >= 11 is 0. The van der Waals surface area contributed by atoms with Gasteiger partial charge in [0, 0.05) is 12.0 Å². The smallest absolute Gasteiger partial charge is 0.169 e. The molecule has 0 heterocycles. The number of Topliss-reactive ketones (excluding diaryl/α,β-unsaturated/α-hetero) is 1. The fraction of sp³-hybridized carbons (Fsp3) is 0.714. The molecule has 0 aliphatic heterocycles. The largest absolute Gasteiger partial charge is 0.508 e. The van der Waals surface area contributed by atoms with E-state index in [0.29, 0.717) is 23.5 Å². The monoisotopic (exact) mass is 328 g/mol. The number of aliphatic hydroxyl groups is 1. The van der Waals surface area contributed by atoms with Crippen molar-refractivity contribution in [1.82, 2.24) is 0 Å². The van der Waals surface area contributed by atoms with Crippen molar-refractivity contribution in [3.05, 3.63) is 23.5 Å². The van der Waals surface area contributed by atoms with E-state index in [0.717, 1.165) is 44.1 Å². The Kier molecular flexibility index (Phi) is 3.40. The molecule has 0 aromatic heterocycles. The second-order valence-corrected chi connectivity index (χ2v) is 9.01. The van der Waals surface area contributed by atoms with Crippen LogP contribution in [0.5, 0.6) is 0 Å². The topological polar surface area (TPSA) is 54.4 Å². The summed E-state index contributed by atoms with van der Waals surface area (Å²) in [6, 6.07) is 0. The van der Waals surface area contributed by atoms with Gasteiger partial charge in [0.1, 0.15) is 11.5 Å². The Labute approximate surface area is 144 Å². The summed E-state index contributed by atoms with van der Waals surface area (Å²) in [5.41, 5.74) is 0.809. The summed E-state index contributed by atoms with van der Waals surface area (Å²) in [6.45, 7) is 6.18. The molecule has 6 atom stereocenters. The Hall–Kier alpha value is -1.38. The van der Waals surface area contributed by atoms with Gasteiger partial charge in [-0.05, 0) is 81.6 Å². The highest BCUT2D eigenvalue weighted by Crippen LogP contribution is 2.66. The van der Waals surface area contributed by atoms with E-state index in [9.17, 15) is 14.7 Å². The van der Waals surface area contributed by atoms with E-state index < -0.39 is 5.41 Å². The second kappa shape index (κ2) is 5.06. The third-order valence-electron chi connectivity index (χ3n) is 8.20. The standard InChI is InChI=1S/C21H28O3/c1-12(22)16-6-7-17-15-5-4-13-10-14(23)11-19(24)21(13,3)18(15)8-9-20(16,17)2/h10-11,15-18,23H,4-9H2,1-3H3/t15-,16+,17-,18-,20-,21-/m1/s1. The summed E-state index contributed by atoms with van der Waals surface area (Å²) in [7, 11) is 0. The van der Waals surface area contributed by atoms with Crippen LogP contribution in [0.3, 0.4) is 0 Å². The number of carbonyl (C=O) groups excluding carboxylic acids is 2. The van der Waals surface area contributed by atoms with Crippen LogP contribution >= 0.6 is 0 Å². The Morgan fingerprint density at radius 2 is 1.88 bits per heavy atom. The molecular formula is C21H28O3. The molecular weight excluding hydrogens is 300 g/mol. The number of rotatable bonds is 1. The number of allylic oxidation sites excluding steroid dienone is 3. The Bertz CT molecular complexity index is 673. The zero-order valence-electron chi connectivity index (χ0n) is 15.0. The van der Waals surface area contributed by atoms with E-state index in [4.69, 9.17) is 0 Å². The Morgan fingerprint density at radius 3 is 2.58 bits per heavy atom. The van der Waals surface area contributed by atoms with E-state index in [-0.39, 0.29) is 22.9 Å². The number of fused-ring (bicyclic) bond motifs is 5. The van der Waals surface area contributed by atoms with Crippen molar-refractivity contribution in [2.75, 3.05) is 0 Å². The highest BCUT2D eigenvalue weighted by atomic mass is 16.3. The van der Waals surface area contributed by atoms with Gasteiger partial charge in [-0.15, -0.1) is 0 Å². The number of hydrogen-bond acceptors (Lipinski definition) is 3. The van der Waals surface area contributed by atoms with Crippen LogP contribution in [0.2, 0.25) is 0 Å². The van der Waals surface area contributed by atoms with Crippen LogP contribution in [0.25, 0.3) is 0 Å². The first-order valence-corrected chi connectivity index (χ1v) is 9.45. The molecule has 0 bridgehead atoms. The van der Waals surface area contributed by atoms with Crippen molar-refractivity contribution in [3.8, 4) is 0 Å². The SMILES string of the molecule is CC(=O)[C@@H]1CC[C@@H]2[C@H]3CCC4=CC(O)=CC(=O)[C@@]4(C)[C@@H]3CC[C@@]21C. The summed E-state index contributed by atoms with van der Waals surface area (Å²) in [6.07, 6.45) is 9.48. The predicted octanol–water partition coefficient (Wildman–Crippen LogP) is 4.39. The number of hydrogen-bond donors (Lipinski definition) is 1. The first-order valence-electron chi connectivity index (χ1n) is 9.45. The van der Waals surface area contributed by atoms with Crippen LogP contribution in [0.1, 0.15) is 59.3 Å². The van der Waals surface area contributed by atoms with Gasteiger partial charge in [-0.25, -0.2) is 0 Å². The first-order chi connectivity index (χ1) is 11.3. The van der Waals surface area contributed by atoms with Crippen LogP contribution in [0.15, 0.2) is 23.5 Å². The van der Waals surface area contributed by atoms with Gasteiger partial charge in [0.05, 0.1) is 5.41 Å². The molecule has 0 amide bonds. The molecule has 0 saturated heterocycles. The molecule has 0 radical (unpaired) electrons. The Balaban J connectivity index is 1.71. The van der Waals surface area contributed by atoms with E-state index in [2.05, 4.69) is 13.8 Å². The van der Waals surface area contributed by atoms with E-state index in [1.54, 1.807) is 6.92 Å². The van der Waals surface area contributed by atoms with Crippen LogP contribution in [-0.2, 0) is 9.59 Å². The molecule has 3 heteroatoms. The van der Waals surface area contributed by atoms with Gasteiger partial charge in [-0.1, -0.05) is 12.5 Å².